The summed E-state index contributed by atoms with van der Waals surface area (Å²) in [6.07, 6.45) is 3.04. The molecule has 1 aliphatic rings. The highest BCUT2D eigenvalue weighted by Crippen LogP contribution is 2.32. The molecule has 1 aliphatic heterocycles. The normalized spacial score (nSPS) is 22.8. The number of amides is 1. The van der Waals surface area contributed by atoms with Crippen molar-refractivity contribution in [2.75, 3.05) is 18.5 Å². The minimum Gasteiger partial charge on any atom is -0.340 e. The topological polar surface area (TPSA) is 61.0 Å². The van der Waals surface area contributed by atoms with E-state index in [1.54, 1.807) is 11.9 Å². The van der Waals surface area contributed by atoms with Gasteiger partial charge in [-0.1, -0.05) is 6.07 Å². The first kappa shape index (κ1) is 12.2. The van der Waals surface area contributed by atoms with Crippen molar-refractivity contribution >= 4 is 23.1 Å². The minimum atomic E-state index is -0.0873. The largest absolute Gasteiger partial charge is 0.340 e. The van der Waals surface area contributed by atoms with Gasteiger partial charge < -0.3 is 15.2 Å². The number of rotatable bonds is 3. The first-order valence-corrected chi connectivity index (χ1v) is 6.56. The first-order chi connectivity index (χ1) is 9.14. The third-order valence-electron chi connectivity index (χ3n) is 3.92. The molecular formula is C14H18N4O. The Morgan fingerprint density at radius 3 is 3.00 bits per heavy atom. The van der Waals surface area contributed by atoms with E-state index in [4.69, 9.17) is 4.98 Å². The molecule has 2 N–H and O–H groups in total. The molecule has 2 aromatic rings. The number of hydrogen-bond acceptors (Lipinski definition) is 3. The minimum absolute atomic E-state index is 0.0873. The number of fused-ring (bicyclic) bond motifs is 1. The molecule has 5 nitrogen and oxygen atoms in total. The predicted molar refractivity (Wildman–Crippen MR) is 75.1 cm³/mol. The molecule has 0 bridgehead atoms. The Balaban J connectivity index is 2.13. The van der Waals surface area contributed by atoms with Gasteiger partial charge in [0, 0.05) is 7.05 Å². The molecule has 1 atom stereocenters. The van der Waals surface area contributed by atoms with Gasteiger partial charge in [0.2, 0.25) is 6.41 Å². The number of carbonyl (C=O) groups excluding carboxylic acids is 1. The van der Waals surface area contributed by atoms with Crippen LogP contribution >= 0.6 is 0 Å². The van der Waals surface area contributed by atoms with E-state index in [0.717, 1.165) is 48.3 Å². The second kappa shape index (κ2) is 4.35. The standard InChI is InChI=1S/C14H18N4O/c1-14(7-4-8-15-14)13-16-10-5-3-6-11(12(10)17-13)18(2)9-19/h3,5-6,9,15H,4,7-8H2,1-2H3,(H,16,17)/t14-/m1/s1. The molecule has 1 fully saturated rings. The Bertz CT molecular complexity index is 613. The van der Waals surface area contributed by atoms with Gasteiger partial charge in [-0.2, -0.15) is 0 Å². The number of H-pyrrole nitrogens is 1. The molecule has 0 radical (unpaired) electrons. The number of aromatic amines is 1. The van der Waals surface area contributed by atoms with E-state index < -0.39 is 0 Å². The van der Waals surface area contributed by atoms with E-state index in [1.807, 2.05) is 18.2 Å². The molecule has 1 aromatic heterocycles. The Labute approximate surface area is 112 Å². The second-order valence-electron chi connectivity index (χ2n) is 5.34. The van der Waals surface area contributed by atoms with Crippen LogP contribution in [-0.4, -0.2) is 30.0 Å². The lowest BCUT2D eigenvalue weighted by atomic mass is 10.00. The Morgan fingerprint density at radius 1 is 1.47 bits per heavy atom. The molecule has 0 unspecified atom stereocenters. The van der Waals surface area contributed by atoms with Crippen LogP contribution in [0.4, 0.5) is 5.69 Å². The molecule has 1 amide bonds. The zero-order valence-corrected chi connectivity index (χ0v) is 11.2. The van der Waals surface area contributed by atoms with E-state index in [0.29, 0.717) is 0 Å². The van der Waals surface area contributed by atoms with Crippen molar-refractivity contribution in [3.05, 3.63) is 24.0 Å². The lowest BCUT2D eigenvalue weighted by molar-refractivity contribution is -0.107. The van der Waals surface area contributed by atoms with Crippen molar-refractivity contribution in [1.29, 1.82) is 0 Å². The summed E-state index contributed by atoms with van der Waals surface area (Å²) in [4.78, 5) is 20.6. The van der Waals surface area contributed by atoms with E-state index >= 15 is 0 Å². The van der Waals surface area contributed by atoms with Crippen LogP contribution in [0.1, 0.15) is 25.6 Å². The van der Waals surface area contributed by atoms with Gasteiger partial charge in [-0.05, 0) is 38.4 Å². The lowest BCUT2D eigenvalue weighted by Gasteiger charge is -2.21. The highest BCUT2D eigenvalue weighted by molar-refractivity contribution is 5.94. The third kappa shape index (κ3) is 1.90. The van der Waals surface area contributed by atoms with Gasteiger partial charge in [0.25, 0.3) is 0 Å². The highest BCUT2D eigenvalue weighted by Gasteiger charge is 2.33. The Morgan fingerprint density at radius 2 is 2.32 bits per heavy atom. The lowest BCUT2D eigenvalue weighted by Crippen LogP contribution is -2.34. The molecular weight excluding hydrogens is 240 g/mol. The fourth-order valence-corrected chi connectivity index (χ4v) is 2.72. The van der Waals surface area contributed by atoms with Crippen molar-refractivity contribution in [2.24, 2.45) is 0 Å². The number of carbonyl (C=O) groups is 1. The van der Waals surface area contributed by atoms with Crippen LogP contribution in [0.3, 0.4) is 0 Å². The van der Waals surface area contributed by atoms with E-state index in [1.165, 1.54) is 0 Å². The molecule has 0 aliphatic carbocycles. The molecule has 2 heterocycles. The summed E-state index contributed by atoms with van der Waals surface area (Å²) in [6, 6.07) is 5.84. The number of nitrogens with one attached hydrogen (secondary N) is 2. The molecule has 100 valence electrons. The van der Waals surface area contributed by atoms with E-state index in [-0.39, 0.29) is 5.54 Å². The Hall–Kier alpha value is -1.88. The van der Waals surface area contributed by atoms with Gasteiger partial charge in [0.1, 0.15) is 11.3 Å². The summed E-state index contributed by atoms with van der Waals surface area (Å²) in [5.41, 5.74) is 2.56. The number of anilines is 1. The monoisotopic (exact) mass is 258 g/mol. The number of nitrogens with zero attached hydrogens (tertiary/aromatic N) is 2. The summed E-state index contributed by atoms with van der Waals surface area (Å²) in [5.74, 6) is 0.951. The van der Waals surface area contributed by atoms with Gasteiger partial charge in [-0.15, -0.1) is 0 Å². The Kier molecular flexibility index (Phi) is 2.78. The van der Waals surface area contributed by atoms with Crippen molar-refractivity contribution < 1.29 is 4.79 Å². The van der Waals surface area contributed by atoms with Crippen LogP contribution in [0.5, 0.6) is 0 Å². The summed E-state index contributed by atoms with van der Waals surface area (Å²) in [6.45, 7) is 3.19. The van der Waals surface area contributed by atoms with Gasteiger partial charge in [-0.25, -0.2) is 4.98 Å². The van der Waals surface area contributed by atoms with Crippen molar-refractivity contribution in [2.45, 2.75) is 25.3 Å². The fraction of sp³-hybridized carbons (Fsp3) is 0.429. The number of imidazole rings is 1. The summed E-state index contributed by atoms with van der Waals surface area (Å²) < 4.78 is 0. The van der Waals surface area contributed by atoms with E-state index in [2.05, 4.69) is 17.2 Å². The molecule has 19 heavy (non-hydrogen) atoms. The number of hydrogen-bond donors (Lipinski definition) is 2. The molecule has 1 saturated heterocycles. The fourth-order valence-electron chi connectivity index (χ4n) is 2.72. The van der Waals surface area contributed by atoms with Crippen LogP contribution in [-0.2, 0) is 10.3 Å². The molecule has 0 saturated carbocycles. The second-order valence-corrected chi connectivity index (χ2v) is 5.34. The van der Waals surface area contributed by atoms with Crippen molar-refractivity contribution in [3.8, 4) is 0 Å². The van der Waals surface area contributed by atoms with Gasteiger partial charge in [-0.3, -0.25) is 4.79 Å². The van der Waals surface area contributed by atoms with Crippen LogP contribution < -0.4 is 10.2 Å². The quantitative estimate of drug-likeness (QED) is 0.825. The maximum atomic E-state index is 11.0. The third-order valence-corrected chi connectivity index (χ3v) is 3.92. The van der Waals surface area contributed by atoms with E-state index in [9.17, 15) is 4.79 Å². The number of aromatic nitrogens is 2. The molecule has 3 rings (SSSR count). The van der Waals surface area contributed by atoms with Gasteiger partial charge >= 0.3 is 0 Å². The predicted octanol–water partition coefficient (Wildman–Crippen LogP) is 1.75. The average molecular weight is 258 g/mol. The van der Waals surface area contributed by atoms with Crippen molar-refractivity contribution in [3.63, 3.8) is 0 Å². The smallest absolute Gasteiger partial charge is 0.213 e. The summed E-state index contributed by atoms with van der Waals surface area (Å²) in [5, 5.41) is 3.50. The number of para-hydroxylation sites is 1. The van der Waals surface area contributed by atoms with Crippen LogP contribution in [0.2, 0.25) is 0 Å². The van der Waals surface area contributed by atoms with Crippen LogP contribution in [0, 0.1) is 0 Å². The van der Waals surface area contributed by atoms with Gasteiger partial charge in [0.15, 0.2) is 0 Å². The van der Waals surface area contributed by atoms with Crippen LogP contribution in [0.25, 0.3) is 11.0 Å². The maximum Gasteiger partial charge on any atom is 0.213 e. The maximum absolute atomic E-state index is 11.0. The molecule has 0 spiro atoms. The van der Waals surface area contributed by atoms with Gasteiger partial charge in [0.05, 0.1) is 16.7 Å². The molecule has 5 heteroatoms. The first-order valence-electron chi connectivity index (χ1n) is 6.56. The van der Waals surface area contributed by atoms with Crippen molar-refractivity contribution in [1.82, 2.24) is 15.3 Å². The zero-order chi connectivity index (χ0) is 13.5. The van der Waals surface area contributed by atoms with Crippen LogP contribution in [0.15, 0.2) is 18.2 Å². The zero-order valence-electron chi connectivity index (χ0n) is 11.2. The average Bonchev–Trinajstić information content (AvgIpc) is 3.04. The summed E-state index contributed by atoms with van der Waals surface area (Å²) >= 11 is 0. The molecule has 1 aromatic carbocycles. The highest BCUT2D eigenvalue weighted by atomic mass is 16.1. The number of benzene rings is 1. The SMILES string of the molecule is CN(C=O)c1cccc2[nH]c([C@@]3(C)CCCN3)nc12. The summed E-state index contributed by atoms with van der Waals surface area (Å²) in [7, 11) is 1.74.